The summed E-state index contributed by atoms with van der Waals surface area (Å²) < 4.78 is 34.5. The normalized spacial score (nSPS) is 12.2. The van der Waals surface area contributed by atoms with E-state index < -0.39 is 6.61 Å². The van der Waals surface area contributed by atoms with Crippen LogP contribution in [-0.2, 0) is 6.42 Å². The van der Waals surface area contributed by atoms with Crippen LogP contribution >= 0.6 is 15.9 Å². The van der Waals surface area contributed by atoms with E-state index in [4.69, 9.17) is 4.74 Å². The van der Waals surface area contributed by atoms with Crippen LogP contribution in [0, 0.1) is 0 Å². The maximum absolute atomic E-state index is 12.4. The smallest absolute Gasteiger partial charge is 0.387 e. The molecule has 5 heteroatoms. The van der Waals surface area contributed by atoms with Gasteiger partial charge < -0.3 is 9.47 Å². The Labute approximate surface area is 130 Å². The molecular formula is C16H15BrF2O2. The number of hydrogen-bond donors (Lipinski definition) is 0. The van der Waals surface area contributed by atoms with E-state index in [1.54, 1.807) is 31.4 Å². The number of hydrogen-bond acceptors (Lipinski definition) is 2. The maximum Gasteiger partial charge on any atom is 0.387 e. The minimum Gasteiger partial charge on any atom is -0.497 e. The molecule has 0 heterocycles. The average Bonchev–Trinajstić information content (AvgIpc) is 2.48. The summed E-state index contributed by atoms with van der Waals surface area (Å²) in [7, 11) is 1.61. The fourth-order valence-electron chi connectivity index (χ4n) is 2.02. The molecule has 0 radical (unpaired) electrons. The second kappa shape index (κ2) is 7.41. The van der Waals surface area contributed by atoms with E-state index >= 15 is 0 Å². The lowest BCUT2D eigenvalue weighted by Gasteiger charge is -2.15. The number of halogens is 3. The first-order valence-corrected chi connectivity index (χ1v) is 7.32. The average molecular weight is 357 g/mol. The summed E-state index contributed by atoms with van der Waals surface area (Å²) in [5, 5.41) is 0. The molecule has 0 aliphatic carbocycles. The lowest BCUT2D eigenvalue weighted by Crippen LogP contribution is -2.06. The summed E-state index contributed by atoms with van der Waals surface area (Å²) in [5.41, 5.74) is 1.78. The molecule has 0 aromatic heterocycles. The van der Waals surface area contributed by atoms with E-state index in [1.807, 2.05) is 24.3 Å². The van der Waals surface area contributed by atoms with Gasteiger partial charge in [0.25, 0.3) is 0 Å². The second-order valence-corrected chi connectivity index (χ2v) is 5.54. The van der Waals surface area contributed by atoms with Gasteiger partial charge >= 0.3 is 6.61 Å². The van der Waals surface area contributed by atoms with Gasteiger partial charge in [0.1, 0.15) is 11.5 Å². The summed E-state index contributed by atoms with van der Waals surface area (Å²) in [5.74, 6) is 0.981. The highest BCUT2D eigenvalue weighted by Crippen LogP contribution is 2.34. The maximum atomic E-state index is 12.4. The highest BCUT2D eigenvalue weighted by atomic mass is 79.9. The minimum atomic E-state index is -2.83. The van der Waals surface area contributed by atoms with E-state index in [-0.39, 0.29) is 10.6 Å². The Bertz CT molecular complexity index is 573. The van der Waals surface area contributed by atoms with Crippen LogP contribution in [0.2, 0.25) is 0 Å². The number of alkyl halides is 3. The van der Waals surface area contributed by atoms with Crippen molar-refractivity contribution in [3.63, 3.8) is 0 Å². The van der Waals surface area contributed by atoms with Crippen molar-refractivity contribution >= 4 is 15.9 Å². The molecule has 21 heavy (non-hydrogen) atoms. The Morgan fingerprint density at radius 3 is 2.33 bits per heavy atom. The number of rotatable bonds is 6. The Hall–Kier alpha value is -1.62. The summed E-state index contributed by atoms with van der Waals surface area (Å²) in [4.78, 5) is -0.110. The van der Waals surface area contributed by atoms with Gasteiger partial charge in [0, 0.05) is 10.4 Å². The second-order valence-electron chi connectivity index (χ2n) is 4.44. The quantitative estimate of drug-likeness (QED) is 0.680. The van der Waals surface area contributed by atoms with Gasteiger partial charge in [-0.05, 0) is 30.2 Å². The predicted molar refractivity (Wildman–Crippen MR) is 81.4 cm³/mol. The molecule has 0 amide bonds. The van der Waals surface area contributed by atoms with Gasteiger partial charge in [-0.25, -0.2) is 0 Å². The fraction of sp³-hybridized carbons (Fsp3) is 0.250. The lowest BCUT2D eigenvalue weighted by molar-refractivity contribution is -0.0504. The van der Waals surface area contributed by atoms with Crippen molar-refractivity contribution in [3.05, 3.63) is 59.7 Å². The standard InChI is InChI=1S/C16H15BrF2O2/c1-20-12-8-6-11(7-9-12)10-14(17)13-4-2-3-5-15(13)21-16(18)19/h2-9,14,16H,10H2,1H3. The van der Waals surface area contributed by atoms with Crippen LogP contribution in [0.25, 0.3) is 0 Å². The molecule has 0 spiro atoms. The Kier molecular flexibility index (Phi) is 5.56. The number of benzene rings is 2. The molecule has 0 bridgehead atoms. The van der Waals surface area contributed by atoms with Gasteiger partial charge in [-0.2, -0.15) is 8.78 Å². The molecule has 0 fully saturated rings. The number of methoxy groups -OCH3 is 1. The lowest BCUT2D eigenvalue weighted by atomic mass is 10.0. The van der Waals surface area contributed by atoms with Crippen molar-refractivity contribution in [1.29, 1.82) is 0 Å². The van der Waals surface area contributed by atoms with Crippen molar-refractivity contribution < 1.29 is 18.3 Å². The summed E-state index contributed by atoms with van der Waals surface area (Å²) in [6.07, 6.45) is 0.660. The van der Waals surface area contributed by atoms with E-state index in [0.29, 0.717) is 12.0 Å². The largest absolute Gasteiger partial charge is 0.497 e. The monoisotopic (exact) mass is 356 g/mol. The molecule has 0 aliphatic heterocycles. The van der Waals surface area contributed by atoms with Crippen LogP contribution in [0.5, 0.6) is 11.5 Å². The van der Waals surface area contributed by atoms with Gasteiger partial charge in [-0.1, -0.05) is 46.3 Å². The van der Waals surface area contributed by atoms with Gasteiger partial charge in [-0.15, -0.1) is 0 Å². The highest BCUT2D eigenvalue weighted by Gasteiger charge is 2.16. The van der Waals surface area contributed by atoms with E-state index in [0.717, 1.165) is 11.3 Å². The molecule has 2 nitrogen and oxygen atoms in total. The van der Waals surface area contributed by atoms with Crippen LogP contribution in [0.4, 0.5) is 8.78 Å². The first-order chi connectivity index (χ1) is 10.1. The van der Waals surface area contributed by atoms with Crippen molar-refractivity contribution in [2.45, 2.75) is 17.9 Å². The van der Waals surface area contributed by atoms with Crippen LogP contribution in [0.15, 0.2) is 48.5 Å². The third-order valence-electron chi connectivity index (χ3n) is 3.05. The van der Waals surface area contributed by atoms with Crippen molar-refractivity contribution in [2.75, 3.05) is 7.11 Å². The zero-order valence-electron chi connectivity index (χ0n) is 11.4. The molecular weight excluding hydrogens is 342 g/mol. The van der Waals surface area contributed by atoms with Crippen LogP contribution in [0.1, 0.15) is 16.0 Å². The Morgan fingerprint density at radius 1 is 1.05 bits per heavy atom. The fourth-order valence-corrected chi connectivity index (χ4v) is 2.77. The molecule has 2 aromatic rings. The van der Waals surface area contributed by atoms with Crippen molar-refractivity contribution in [3.8, 4) is 11.5 Å². The summed E-state index contributed by atoms with van der Waals surface area (Å²) in [6, 6.07) is 14.4. The first-order valence-electron chi connectivity index (χ1n) is 6.41. The molecule has 2 rings (SSSR count). The van der Waals surface area contributed by atoms with E-state index in [9.17, 15) is 8.78 Å². The van der Waals surface area contributed by atoms with Gasteiger partial charge in [-0.3, -0.25) is 0 Å². The highest BCUT2D eigenvalue weighted by molar-refractivity contribution is 9.09. The first kappa shape index (κ1) is 15.8. The van der Waals surface area contributed by atoms with Gasteiger partial charge in [0.2, 0.25) is 0 Å². The van der Waals surface area contributed by atoms with Crippen molar-refractivity contribution in [1.82, 2.24) is 0 Å². The SMILES string of the molecule is COc1ccc(CC(Br)c2ccccc2OC(F)F)cc1. The minimum absolute atomic E-state index is 0.110. The number of ether oxygens (including phenoxy) is 2. The van der Waals surface area contributed by atoms with Gasteiger partial charge in [0.05, 0.1) is 7.11 Å². The molecule has 112 valence electrons. The van der Waals surface area contributed by atoms with Crippen LogP contribution in [-0.4, -0.2) is 13.7 Å². The third-order valence-corrected chi connectivity index (χ3v) is 3.86. The van der Waals surface area contributed by atoms with E-state index in [1.165, 1.54) is 0 Å². The molecule has 0 saturated heterocycles. The third kappa shape index (κ3) is 4.43. The molecule has 1 atom stereocenters. The van der Waals surface area contributed by atoms with Crippen LogP contribution < -0.4 is 9.47 Å². The number of para-hydroxylation sites is 1. The van der Waals surface area contributed by atoms with E-state index in [2.05, 4.69) is 20.7 Å². The Balaban J connectivity index is 2.13. The Morgan fingerprint density at radius 2 is 1.71 bits per heavy atom. The zero-order chi connectivity index (χ0) is 15.2. The topological polar surface area (TPSA) is 18.5 Å². The summed E-state index contributed by atoms with van der Waals surface area (Å²) >= 11 is 3.54. The molecule has 0 N–H and O–H groups in total. The van der Waals surface area contributed by atoms with Crippen LogP contribution in [0.3, 0.4) is 0 Å². The summed E-state index contributed by atoms with van der Waals surface area (Å²) in [6.45, 7) is -2.83. The predicted octanol–water partition coefficient (Wildman–Crippen LogP) is 4.98. The zero-order valence-corrected chi connectivity index (χ0v) is 13.0. The van der Waals surface area contributed by atoms with Gasteiger partial charge in [0.15, 0.2) is 0 Å². The molecule has 0 aliphatic rings. The molecule has 1 unspecified atom stereocenters. The molecule has 0 saturated carbocycles. The van der Waals surface area contributed by atoms with Crippen molar-refractivity contribution in [2.24, 2.45) is 0 Å². The molecule has 2 aromatic carbocycles.